The first kappa shape index (κ1) is 13.1. The Kier molecular flexibility index (Phi) is 3.01. The number of aliphatic hydroxyl groups is 1. The van der Waals surface area contributed by atoms with Crippen molar-refractivity contribution in [3.05, 3.63) is 47.3 Å². The van der Waals surface area contributed by atoms with Gasteiger partial charge >= 0.3 is 0 Å². The predicted octanol–water partition coefficient (Wildman–Crippen LogP) is 1.50. The molecule has 0 saturated carbocycles. The number of hydrogen-bond donors (Lipinski definition) is 2. The van der Waals surface area contributed by atoms with Gasteiger partial charge in [-0.3, -0.25) is 14.9 Å². The number of carbonyl (C=O) groups excluding carboxylic acids is 2. The van der Waals surface area contributed by atoms with Crippen molar-refractivity contribution in [1.82, 2.24) is 5.32 Å². The van der Waals surface area contributed by atoms with Crippen LogP contribution in [0.15, 0.2) is 35.9 Å². The lowest BCUT2D eigenvalue weighted by Gasteiger charge is -2.23. The first-order valence-electron chi connectivity index (χ1n) is 5.56. The number of halogens is 1. The minimum atomic E-state index is -1.69. The molecule has 1 aliphatic heterocycles. The van der Waals surface area contributed by atoms with E-state index in [1.807, 2.05) is 0 Å². The highest BCUT2D eigenvalue weighted by Gasteiger charge is 2.49. The van der Waals surface area contributed by atoms with Crippen molar-refractivity contribution in [1.29, 1.82) is 0 Å². The zero-order valence-corrected chi connectivity index (χ0v) is 10.4. The molecule has 6 heteroatoms. The van der Waals surface area contributed by atoms with Crippen LogP contribution in [0.1, 0.15) is 19.4 Å². The SMILES string of the molecule is CC(=O)NC1=C(O)C(=O)C(C)(c2ccccc2F)O1. The van der Waals surface area contributed by atoms with Crippen LogP contribution < -0.4 is 5.32 Å². The van der Waals surface area contributed by atoms with Gasteiger partial charge < -0.3 is 9.84 Å². The van der Waals surface area contributed by atoms with Crippen LogP contribution in [0.3, 0.4) is 0 Å². The third-order valence-electron chi connectivity index (χ3n) is 2.85. The third kappa shape index (κ3) is 2.05. The van der Waals surface area contributed by atoms with Crippen LogP contribution in [-0.4, -0.2) is 16.8 Å². The summed E-state index contributed by atoms with van der Waals surface area (Å²) in [4.78, 5) is 23.0. The van der Waals surface area contributed by atoms with E-state index in [2.05, 4.69) is 5.32 Å². The van der Waals surface area contributed by atoms with Crippen LogP contribution in [0.5, 0.6) is 0 Å². The van der Waals surface area contributed by atoms with Gasteiger partial charge in [-0.15, -0.1) is 0 Å². The molecule has 1 aliphatic rings. The minimum absolute atomic E-state index is 0.00750. The van der Waals surface area contributed by atoms with Gasteiger partial charge in [-0.1, -0.05) is 18.2 Å². The lowest BCUT2D eigenvalue weighted by atomic mass is 9.91. The fourth-order valence-electron chi connectivity index (χ4n) is 1.90. The highest BCUT2D eigenvalue weighted by atomic mass is 19.1. The predicted molar refractivity (Wildman–Crippen MR) is 63.3 cm³/mol. The highest BCUT2D eigenvalue weighted by molar-refractivity contribution is 6.03. The summed E-state index contributed by atoms with van der Waals surface area (Å²) in [6, 6.07) is 5.60. The highest BCUT2D eigenvalue weighted by Crippen LogP contribution is 2.37. The van der Waals surface area contributed by atoms with Crippen LogP contribution >= 0.6 is 0 Å². The molecule has 0 saturated heterocycles. The summed E-state index contributed by atoms with van der Waals surface area (Å²) in [5.74, 6) is -3.02. The summed E-state index contributed by atoms with van der Waals surface area (Å²) < 4.78 is 19.0. The maximum absolute atomic E-state index is 13.8. The quantitative estimate of drug-likeness (QED) is 0.849. The number of aliphatic hydroxyl groups excluding tert-OH is 1. The number of hydrogen-bond acceptors (Lipinski definition) is 4. The number of ether oxygens (including phenoxy) is 1. The molecule has 2 N–H and O–H groups in total. The Morgan fingerprint density at radius 3 is 2.63 bits per heavy atom. The van der Waals surface area contributed by atoms with Gasteiger partial charge in [0.2, 0.25) is 23.2 Å². The number of Topliss-reactive ketones (excluding diaryl/α,β-unsaturated/α-hetero) is 1. The van der Waals surface area contributed by atoms with Crippen molar-refractivity contribution < 1.29 is 23.8 Å². The van der Waals surface area contributed by atoms with Crippen molar-refractivity contribution in [2.45, 2.75) is 19.4 Å². The monoisotopic (exact) mass is 265 g/mol. The van der Waals surface area contributed by atoms with Crippen molar-refractivity contribution in [2.24, 2.45) is 0 Å². The second-order valence-corrected chi connectivity index (χ2v) is 4.30. The number of ketones is 1. The Bertz CT molecular complexity index is 596. The molecule has 0 bridgehead atoms. The minimum Gasteiger partial charge on any atom is -0.501 e. The lowest BCUT2D eigenvalue weighted by molar-refractivity contribution is -0.133. The van der Waals surface area contributed by atoms with Crippen LogP contribution in [0.4, 0.5) is 4.39 Å². The van der Waals surface area contributed by atoms with E-state index >= 15 is 0 Å². The molecule has 100 valence electrons. The van der Waals surface area contributed by atoms with Crippen LogP contribution in [-0.2, 0) is 19.9 Å². The molecule has 0 aliphatic carbocycles. The van der Waals surface area contributed by atoms with E-state index in [-0.39, 0.29) is 11.4 Å². The number of rotatable bonds is 2. The zero-order chi connectivity index (χ0) is 14.2. The summed E-state index contributed by atoms with van der Waals surface area (Å²) in [7, 11) is 0. The fraction of sp³-hybridized carbons (Fsp3) is 0.231. The van der Waals surface area contributed by atoms with E-state index in [0.29, 0.717) is 0 Å². The maximum atomic E-state index is 13.8. The molecule has 5 nitrogen and oxygen atoms in total. The molecule has 0 radical (unpaired) electrons. The summed E-state index contributed by atoms with van der Waals surface area (Å²) in [5.41, 5.74) is -1.69. The first-order valence-corrected chi connectivity index (χ1v) is 5.56. The largest absolute Gasteiger partial charge is 0.501 e. The Hall–Kier alpha value is -2.37. The molecule has 0 fully saturated rings. The molecular weight excluding hydrogens is 253 g/mol. The Balaban J connectivity index is 2.42. The number of amides is 1. The number of carbonyl (C=O) groups is 2. The van der Waals surface area contributed by atoms with Gasteiger partial charge in [0.05, 0.1) is 0 Å². The van der Waals surface area contributed by atoms with Gasteiger partial charge in [-0.2, -0.15) is 0 Å². The summed E-state index contributed by atoms with van der Waals surface area (Å²) in [5, 5.41) is 11.9. The molecule has 1 atom stereocenters. The first-order chi connectivity index (χ1) is 8.86. The van der Waals surface area contributed by atoms with Crippen molar-refractivity contribution in [3.8, 4) is 0 Å². The van der Waals surface area contributed by atoms with E-state index in [1.54, 1.807) is 6.07 Å². The topological polar surface area (TPSA) is 75.6 Å². The summed E-state index contributed by atoms with van der Waals surface area (Å²) in [6.07, 6.45) is 0. The van der Waals surface area contributed by atoms with Gasteiger partial charge in [0.25, 0.3) is 5.78 Å². The molecular formula is C13H12FNO4. The molecule has 1 amide bonds. The second-order valence-electron chi connectivity index (χ2n) is 4.30. The molecule has 1 unspecified atom stereocenters. The molecule has 1 aromatic carbocycles. The van der Waals surface area contributed by atoms with Crippen LogP contribution in [0.25, 0.3) is 0 Å². The van der Waals surface area contributed by atoms with Crippen LogP contribution in [0, 0.1) is 5.82 Å². The standard InChI is InChI=1S/C13H12FNO4/c1-7(16)15-12-10(17)11(18)13(2,19-12)8-5-3-4-6-9(8)14/h3-6,17H,1-2H3,(H,15,16). The lowest BCUT2D eigenvalue weighted by Crippen LogP contribution is -2.33. The van der Waals surface area contributed by atoms with Gasteiger partial charge in [-0.25, -0.2) is 4.39 Å². The van der Waals surface area contributed by atoms with Crippen LogP contribution in [0.2, 0.25) is 0 Å². The Morgan fingerprint density at radius 2 is 2.05 bits per heavy atom. The van der Waals surface area contributed by atoms with Gasteiger partial charge in [0.15, 0.2) is 0 Å². The van der Waals surface area contributed by atoms with E-state index in [9.17, 15) is 19.1 Å². The normalized spacial score (nSPS) is 22.4. The van der Waals surface area contributed by atoms with E-state index < -0.39 is 28.9 Å². The van der Waals surface area contributed by atoms with E-state index in [4.69, 9.17) is 4.74 Å². The van der Waals surface area contributed by atoms with Crippen molar-refractivity contribution >= 4 is 11.7 Å². The fourth-order valence-corrected chi connectivity index (χ4v) is 1.90. The van der Waals surface area contributed by atoms with Crippen molar-refractivity contribution in [3.63, 3.8) is 0 Å². The summed E-state index contributed by atoms with van der Waals surface area (Å²) in [6.45, 7) is 2.53. The smallest absolute Gasteiger partial charge is 0.250 e. The Morgan fingerprint density at radius 1 is 1.42 bits per heavy atom. The van der Waals surface area contributed by atoms with E-state index in [1.165, 1.54) is 32.0 Å². The van der Waals surface area contributed by atoms with Gasteiger partial charge in [0, 0.05) is 12.5 Å². The summed E-state index contributed by atoms with van der Waals surface area (Å²) >= 11 is 0. The molecule has 0 aromatic heterocycles. The average Bonchev–Trinajstić information content (AvgIpc) is 2.55. The second kappa shape index (κ2) is 4.38. The van der Waals surface area contributed by atoms with Gasteiger partial charge in [0.1, 0.15) is 5.82 Å². The Labute approximate surface area is 108 Å². The van der Waals surface area contributed by atoms with Crippen molar-refractivity contribution in [2.75, 3.05) is 0 Å². The third-order valence-corrected chi connectivity index (χ3v) is 2.85. The molecule has 2 rings (SSSR count). The van der Waals surface area contributed by atoms with E-state index in [0.717, 1.165) is 0 Å². The molecule has 1 aromatic rings. The average molecular weight is 265 g/mol. The number of benzene rings is 1. The zero-order valence-electron chi connectivity index (χ0n) is 10.4. The maximum Gasteiger partial charge on any atom is 0.250 e. The van der Waals surface area contributed by atoms with Gasteiger partial charge in [-0.05, 0) is 13.0 Å². The molecule has 0 spiro atoms. The number of nitrogens with one attached hydrogen (secondary N) is 1. The molecule has 1 heterocycles. The molecule has 19 heavy (non-hydrogen) atoms.